The molecule has 0 amide bonds. The van der Waals surface area contributed by atoms with Crippen molar-refractivity contribution in [2.24, 2.45) is 5.73 Å². The first-order valence-electron chi connectivity index (χ1n) is 9.07. The average Bonchev–Trinajstić information content (AvgIpc) is 2.63. The van der Waals surface area contributed by atoms with Crippen molar-refractivity contribution >= 4 is 0 Å². The van der Waals surface area contributed by atoms with Crippen LogP contribution in [-0.2, 0) is 6.42 Å². The van der Waals surface area contributed by atoms with E-state index in [2.05, 4.69) is 30.9 Å². The van der Waals surface area contributed by atoms with E-state index in [1.807, 2.05) is 24.5 Å². The Labute approximate surface area is 145 Å². The highest BCUT2D eigenvalue weighted by Gasteiger charge is 2.34. The highest BCUT2D eigenvalue weighted by atomic mass is 15.2. The molecule has 128 valence electrons. The summed E-state index contributed by atoms with van der Waals surface area (Å²) in [6.07, 6.45) is 8.33. The summed E-state index contributed by atoms with van der Waals surface area (Å²) < 4.78 is 0. The number of nitrogens with two attached hydrogens (primary N) is 1. The van der Waals surface area contributed by atoms with Crippen LogP contribution in [0.15, 0.2) is 36.7 Å². The van der Waals surface area contributed by atoms with Crippen LogP contribution in [0.2, 0.25) is 0 Å². The Hall–Kier alpha value is -1.78. The number of aromatic nitrogens is 2. The minimum Gasteiger partial charge on any atom is -0.329 e. The molecule has 24 heavy (non-hydrogen) atoms. The van der Waals surface area contributed by atoms with Crippen LogP contribution in [0.1, 0.15) is 60.8 Å². The van der Waals surface area contributed by atoms with Crippen LogP contribution >= 0.6 is 0 Å². The molecule has 0 saturated carbocycles. The molecule has 4 heteroatoms. The average molecular weight is 324 g/mol. The van der Waals surface area contributed by atoms with Crippen LogP contribution in [0.25, 0.3) is 0 Å². The van der Waals surface area contributed by atoms with Crippen molar-refractivity contribution in [3.63, 3.8) is 0 Å². The first-order chi connectivity index (χ1) is 11.8. The van der Waals surface area contributed by atoms with Gasteiger partial charge in [0.1, 0.15) is 0 Å². The summed E-state index contributed by atoms with van der Waals surface area (Å²) in [5.74, 6) is 0. The van der Waals surface area contributed by atoms with Gasteiger partial charge in [0.2, 0.25) is 0 Å². The number of nitrogens with zero attached hydrogens (tertiary/aromatic N) is 3. The standard InChI is InChI=1S/C20H28N4/c1-3-16-8-6-13-23-20(16)18-10-4-9-17(24(18)14-11-21)19-15(2)7-5-12-22-19/h5-8,12-13,17-18H,3-4,9-11,14,21H2,1-2H3/t17-,18+/m0/s1. The Morgan fingerprint density at radius 2 is 1.75 bits per heavy atom. The van der Waals surface area contributed by atoms with Crippen LogP contribution in [0, 0.1) is 6.92 Å². The predicted octanol–water partition coefficient (Wildman–Crippen LogP) is 3.57. The summed E-state index contributed by atoms with van der Waals surface area (Å²) in [4.78, 5) is 12.0. The van der Waals surface area contributed by atoms with Crippen LogP contribution in [0.5, 0.6) is 0 Å². The van der Waals surface area contributed by atoms with E-state index in [0.717, 1.165) is 25.8 Å². The van der Waals surface area contributed by atoms with E-state index in [0.29, 0.717) is 18.6 Å². The van der Waals surface area contributed by atoms with E-state index in [1.54, 1.807) is 0 Å². The second kappa shape index (κ2) is 7.86. The van der Waals surface area contributed by atoms with Gasteiger partial charge in [-0.05, 0) is 55.9 Å². The number of likely N-dealkylation sites (tertiary alicyclic amines) is 1. The fourth-order valence-corrected chi connectivity index (χ4v) is 4.00. The topological polar surface area (TPSA) is 55.0 Å². The highest BCUT2D eigenvalue weighted by Crippen LogP contribution is 2.41. The van der Waals surface area contributed by atoms with Crippen molar-refractivity contribution in [2.75, 3.05) is 13.1 Å². The van der Waals surface area contributed by atoms with Crippen molar-refractivity contribution in [1.29, 1.82) is 0 Å². The summed E-state index contributed by atoms with van der Waals surface area (Å²) in [5, 5.41) is 0. The first-order valence-corrected chi connectivity index (χ1v) is 9.07. The van der Waals surface area contributed by atoms with Crippen molar-refractivity contribution < 1.29 is 0 Å². The van der Waals surface area contributed by atoms with E-state index in [-0.39, 0.29) is 0 Å². The molecule has 0 aliphatic carbocycles. The molecule has 3 heterocycles. The number of pyridine rings is 2. The third-order valence-corrected chi connectivity index (χ3v) is 5.13. The maximum atomic E-state index is 5.97. The molecular weight excluding hydrogens is 296 g/mol. The smallest absolute Gasteiger partial charge is 0.0607 e. The van der Waals surface area contributed by atoms with Gasteiger partial charge >= 0.3 is 0 Å². The van der Waals surface area contributed by atoms with Crippen molar-refractivity contribution in [2.45, 2.75) is 51.6 Å². The van der Waals surface area contributed by atoms with Crippen LogP contribution in [0.4, 0.5) is 0 Å². The molecule has 1 aliphatic rings. The number of aryl methyl sites for hydroxylation is 2. The van der Waals surface area contributed by atoms with Crippen LogP contribution in [-0.4, -0.2) is 28.0 Å². The number of hydrogen-bond donors (Lipinski definition) is 1. The van der Waals surface area contributed by atoms with Gasteiger partial charge in [-0.25, -0.2) is 0 Å². The van der Waals surface area contributed by atoms with Gasteiger partial charge in [-0.2, -0.15) is 0 Å². The largest absolute Gasteiger partial charge is 0.329 e. The Bertz CT molecular complexity index is 670. The fourth-order valence-electron chi connectivity index (χ4n) is 4.00. The minimum absolute atomic E-state index is 0.334. The third kappa shape index (κ3) is 3.35. The van der Waals surface area contributed by atoms with Gasteiger partial charge in [0.05, 0.1) is 23.5 Å². The zero-order chi connectivity index (χ0) is 16.9. The highest BCUT2D eigenvalue weighted by molar-refractivity contribution is 5.26. The quantitative estimate of drug-likeness (QED) is 0.913. The van der Waals surface area contributed by atoms with Gasteiger partial charge in [0.25, 0.3) is 0 Å². The lowest BCUT2D eigenvalue weighted by Crippen LogP contribution is -2.40. The molecule has 2 aromatic heterocycles. The molecule has 0 radical (unpaired) electrons. The number of piperidine rings is 1. The van der Waals surface area contributed by atoms with Gasteiger partial charge in [-0.1, -0.05) is 19.1 Å². The third-order valence-electron chi connectivity index (χ3n) is 5.13. The van der Waals surface area contributed by atoms with E-state index in [1.165, 1.54) is 28.9 Å². The van der Waals surface area contributed by atoms with E-state index in [4.69, 9.17) is 15.7 Å². The van der Waals surface area contributed by atoms with Gasteiger partial charge in [-0.15, -0.1) is 0 Å². The predicted molar refractivity (Wildman–Crippen MR) is 97.7 cm³/mol. The molecule has 1 saturated heterocycles. The molecule has 3 rings (SSSR count). The summed E-state index contributed by atoms with van der Waals surface area (Å²) in [7, 11) is 0. The van der Waals surface area contributed by atoms with Gasteiger partial charge in [-0.3, -0.25) is 14.9 Å². The SMILES string of the molecule is CCc1cccnc1[C@H]1CCC[C@@H](c2ncccc2C)N1CCN. The normalized spacial score (nSPS) is 21.8. The van der Waals surface area contributed by atoms with E-state index in [9.17, 15) is 0 Å². The first kappa shape index (κ1) is 17.1. The van der Waals surface area contributed by atoms with Crippen molar-refractivity contribution in [3.8, 4) is 0 Å². The molecular formula is C20H28N4. The molecule has 2 aromatic rings. The lowest BCUT2D eigenvalue weighted by Gasteiger charge is -2.42. The Morgan fingerprint density at radius 1 is 1.08 bits per heavy atom. The monoisotopic (exact) mass is 324 g/mol. The summed E-state index contributed by atoms with van der Waals surface area (Å²) in [5.41, 5.74) is 11.0. The molecule has 2 atom stereocenters. The Morgan fingerprint density at radius 3 is 2.42 bits per heavy atom. The summed E-state index contributed by atoms with van der Waals surface area (Å²) in [6, 6.07) is 9.09. The summed E-state index contributed by atoms with van der Waals surface area (Å²) >= 11 is 0. The molecule has 2 N–H and O–H groups in total. The van der Waals surface area contributed by atoms with Crippen molar-refractivity contribution in [3.05, 3.63) is 59.2 Å². The number of hydrogen-bond acceptors (Lipinski definition) is 4. The second-order valence-electron chi connectivity index (χ2n) is 6.60. The zero-order valence-electron chi connectivity index (χ0n) is 14.8. The molecule has 0 bridgehead atoms. The molecule has 4 nitrogen and oxygen atoms in total. The second-order valence-corrected chi connectivity index (χ2v) is 6.60. The Kier molecular flexibility index (Phi) is 5.59. The van der Waals surface area contributed by atoms with Gasteiger partial charge < -0.3 is 5.73 Å². The maximum absolute atomic E-state index is 5.97. The Balaban J connectivity index is 1.99. The molecule has 1 aliphatic heterocycles. The number of rotatable bonds is 5. The van der Waals surface area contributed by atoms with Crippen LogP contribution in [0.3, 0.4) is 0 Å². The summed E-state index contributed by atoms with van der Waals surface area (Å²) in [6.45, 7) is 5.90. The van der Waals surface area contributed by atoms with Crippen molar-refractivity contribution in [1.82, 2.24) is 14.9 Å². The van der Waals surface area contributed by atoms with Crippen LogP contribution < -0.4 is 5.73 Å². The maximum Gasteiger partial charge on any atom is 0.0607 e. The molecule has 0 unspecified atom stereocenters. The molecule has 1 fully saturated rings. The lowest BCUT2D eigenvalue weighted by atomic mass is 9.88. The zero-order valence-corrected chi connectivity index (χ0v) is 14.8. The lowest BCUT2D eigenvalue weighted by molar-refractivity contribution is 0.0797. The van der Waals surface area contributed by atoms with Gasteiger partial charge in [0.15, 0.2) is 0 Å². The van der Waals surface area contributed by atoms with E-state index < -0.39 is 0 Å². The van der Waals surface area contributed by atoms with E-state index >= 15 is 0 Å². The molecule has 0 aromatic carbocycles. The van der Waals surface area contributed by atoms with Gasteiger partial charge in [0, 0.05) is 25.5 Å². The minimum atomic E-state index is 0.334. The molecule has 0 spiro atoms. The fraction of sp³-hybridized carbons (Fsp3) is 0.500.